The molecule has 4 heterocycles. The van der Waals surface area contributed by atoms with E-state index >= 15 is 0 Å². The molecule has 0 amide bonds. The number of para-hydroxylation sites is 2. The van der Waals surface area contributed by atoms with Crippen molar-refractivity contribution < 1.29 is 4.42 Å². The van der Waals surface area contributed by atoms with Crippen LogP contribution in [0.5, 0.6) is 0 Å². The monoisotopic (exact) mass is 880 g/mol. The number of benzene rings is 10. The molecule has 0 spiro atoms. The van der Waals surface area contributed by atoms with Crippen molar-refractivity contribution >= 4 is 65.7 Å². The second kappa shape index (κ2) is 15.7. The SMILES string of the molecule is c1ccc(-c2cccc(-n3c4ccccc4c4cc(-c5ccc6oc7cccc(-c8ccc9c(c8)c8nc(-c%10ccccc%10)nc(-c%10ccccc%10)c8n9-c8ccccc8)c7c6c5)ccc43)c2)cc1. The summed E-state index contributed by atoms with van der Waals surface area (Å²) < 4.78 is 11.4. The predicted octanol–water partition coefficient (Wildman–Crippen LogP) is 16.9. The quantitative estimate of drug-likeness (QED) is 0.160. The summed E-state index contributed by atoms with van der Waals surface area (Å²) in [5.41, 5.74) is 18.9. The Morgan fingerprint density at radius 1 is 0.319 bits per heavy atom. The first-order valence-electron chi connectivity index (χ1n) is 23.4. The Labute approximate surface area is 397 Å². The minimum absolute atomic E-state index is 0.690. The van der Waals surface area contributed by atoms with Gasteiger partial charge in [0.15, 0.2) is 5.82 Å². The summed E-state index contributed by atoms with van der Waals surface area (Å²) in [5, 5.41) is 5.64. The van der Waals surface area contributed by atoms with Gasteiger partial charge in [-0.3, -0.25) is 0 Å². The van der Waals surface area contributed by atoms with E-state index < -0.39 is 0 Å². The second-order valence-corrected chi connectivity index (χ2v) is 17.7. The Morgan fingerprint density at radius 2 is 0.884 bits per heavy atom. The van der Waals surface area contributed by atoms with Crippen molar-refractivity contribution in [3.8, 4) is 67.4 Å². The Hall–Kier alpha value is -9.32. The van der Waals surface area contributed by atoms with Crippen molar-refractivity contribution in [3.05, 3.63) is 243 Å². The van der Waals surface area contributed by atoms with Crippen LogP contribution in [0.3, 0.4) is 0 Å². The van der Waals surface area contributed by atoms with Gasteiger partial charge in [0.05, 0.1) is 27.8 Å². The van der Waals surface area contributed by atoms with Gasteiger partial charge < -0.3 is 13.6 Å². The molecule has 5 nitrogen and oxygen atoms in total. The van der Waals surface area contributed by atoms with E-state index in [4.69, 9.17) is 14.4 Å². The molecule has 0 aliphatic heterocycles. The van der Waals surface area contributed by atoms with Gasteiger partial charge in [0.2, 0.25) is 0 Å². The molecule has 322 valence electrons. The Bertz CT molecular complexity index is 4280. The van der Waals surface area contributed by atoms with E-state index in [9.17, 15) is 0 Å². The fourth-order valence-electron chi connectivity index (χ4n) is 10.6. The topological polar surface area (TPSA) is 48.8 Å². The van der Waals surface area contributed by atoms with Gasteiger partial charge in [0.25, 0.3) is 0 Å². The highest BCUT2D eigenvalue weighted by Gasteiger charge is 2.23. The lowest BCUT2D eigenvalue weighted by atomic mass is 9.96. The molecule has 0 fully saturated rings. The van der Waals surface area contributed by atoms with Crippen molar-refractivity contribution in [2.45, 2.75) is 0 Å². The minimum atomic E-state index is 0.690. The van der Waals surface area contributed by atoms with Crippen molar-refractivity contribution in [1.29, 1.82) is 0 Å². The summed E-state index contributed by atoms with van der Waals surface area (Å²) in [4.78, 5) is 10.7. The molecular formula is C64H40N4O. The summed E-state index contributed by atoms with van der Waals surface area (Å²) in [6, 6.07) is 86.2. The van der Waals surface area contributed by atoms with Gasteiger partial charge in [-0.05, 0) is 106 Å². The van der Waals surface area contributed by atoms with E-state index in [0.29, 0.717) is 5.82 Å². The van der Waals surface area contributed by atoms with Gasteiger partial charge in [-0.2, -0.15) is 0 Å². The molecule has 0 bridgehead atoms. The fraction of sp³-hybridized carbons (Fsp3) is 0. The third-order valence-electron chi connectivity index (χ3n) is 13.7. The average molecular weight is 881 g/mol. The molecule has 14 rings (SSSR count). The molecule has 14 aromatic rings. The lowest BCUT2D eigenvalue weighted by molar-refractivity contribution is 0.669. The number of hydrogen-bond donors (Lipinski definition) is 0. The number of hydrogen-bond acceptors (Lipinski definition) is 3. The van der Waals surface area contributed by atoms with Crippen molar-refractivity contribution in [2.75, 3.05) is 0 Å². The summed E-state index contributed by atoms with van der Waals surface area (Å²) in [6.07, 6.45) is 0. The van der Waals surface area contributed by atoms with Crippen LogP contribution in [-0.2, 0) is 0 Å². The third-order valence-corrected chi connectivity index (χ3v) is 13.7. The molecule has 0 saturated carbocycles. The summed E-state index contributed by atoms with van der Waals surface area (Å²) in [7, 11) is 0. The molecule has 0 unspecified atom stereocenters. The number of aromatic nitrogens is 4. The van der Waals surface area contributed by atoms with E-state index in [1.54, 1.807) is 0 Å². The Morgan fingerprint density at radius 3 is 1.67 bits per heavy atom. The van der Waals surface area contributed by atoms with Crippen LogP contribution in [0.15, 0.2) is 247 Å². The molecule has 0 saturated heterocycles. The number of furan rings is 1. The largest absolute Gasteiger partial charge is 0.456 e. The highest BCUT2D eigenvalue weighted by Crippen LogP contribution is 2.44. The van der Waals surface area contributed by atoms with E-state index in [1.165, 1.54) is 32.9 Å². The number of rotatable bonds is 7. The van der Waals surface area contributed by atoms with E-state index in [0.717, 1.165) is 94.3 Å². The van der Waals surface area contributed by atoms with Crippen LogP contribution in [0.25, 0.3) is 133 Å². The van der Waals surface area contributed by atoms with Gasteiger partial charge in [-0.25, -0.2) is 9.97 Å². The van der Waals surface area contributed by atoms with Gasteiger partial charge >= 0.3 is 0 Å². The third kappa shape index (κ3) is 6.32. The standard InChI is InChI=1S/C64H40N4O/c1-5-17-41(18-6-1)44-23-15-26-49(37-44)67-55-29-14-13-27-51(55)52-38-45(31-34-56(52)67)46-33-36-58-54(39-46)60-50(28-16-30-59(60)69-58)47-32-35-57-53(40-47)62-63(68(57)48-24-11-4-12-25-48)61(42-19-7-2-8-20-42)65-64(66-62)43-21-9-3-10-22-43/h1-40H. The van der Waals surface area contributed by atoms with Crippen molar-refractivity contribution in [2.24, 2.45) is 0 Å². The zero-order valence-electron chi connectivity index (χ0n) is 37.3. The first kappa shape index (κ1) is 38.9. The molecule has 5 heteroatoms. The fourth-order valence-corrected chi connectivity index (χ4v) is 10.6. The first-order valence-corrected chi connectivity index (χ1v) is 23.4. The lowest BCUT2D eigenvalue weighted by Gasteiger charge is -2.12. The minimum Gasteiger partial charge on any atom is -0.456 e. The second-order valence-electron chi connectivity index (χ2n) is 17.7. The van der Waals surface area contributed by atoms with Crippen LogP contribution in [0.2, 0.25) is 0 Å². The molecule has 0 atom stereocenters. The molecule has 0 N–H and O–H groups in total. The molecule has 4 aromatic heterocycles. The predicted molar refractivity (Wildman–Crippen MR) is 285 cm³/mol. The molecule has 0 aliphatic rings. The zero-order chi connectivity index (χ0) is 45.4. The van der Waals surface area contributed by atoms with Gasteiger partial charge in [-0.1, -0.05) is 170 Å². The zero-order valence-corrected chi connectivity index (χ0v) is 37.3. The Kier molecular flexibility index (Phi) is 8.83. The van der Waals surface area contributed by atoms with Crippen LogP contribution >= 0.6 is 0 Å². The van der Waals surface area contributed by atoms with Gasteiger partial charge in [0.1, 0.15) is 16.7 Å². The van der Waals surface area contributed by atoms with Crippen molar-refractivity contribution in [1.82, 2.24) is 19.1 Å². The summed E-state index contributed by atoms with van der Waals surface area (Å²) in [5.74, 6) is 0.690. The van der Waals surface area contributed by atoms with Crippen LogP contribution in [-0.4, -0.2) is 19.1 Å². The maximum absolute atomic E-state index is 6.65. The number of fused-ring (bicyclic) bond motifs is 9. The van der Waals surface area contributed by atoms with Crippen LogP contribution < -0.4 is 0 Å². The smallest absolute Gasteiger partial charge is 0.160 e. The normalized spacial score (nSPS) is 11.8. The maximum Gasteiger partial charge on any atom is 0.160 e. The molecule has 69 heavy (non-hydrogen) atoms. The molecule has 0 radical (unpaired) electrons. The van der Waals surface area contributed by atoms with Gasteiger partial charge in [-0.15, -0.1) is 0 Å². The van der Waals surface area contributed by atoms with E-state index in [2.05, 4.69) is 228 Å². The van der Waals surface area contributed by atoms with Crippen molar-refractivity contribution in [3.63, 3.8) is 0 Å². The Balaban J connectivity index is 0.944. The van der Waals surface area contributed by atoms with E-state index in [1.807, 2.05) is 24.3 Å². The van der Waals surface area contributed by atoms with Gasteiger partial charge in [0, 0.05) is 49.4 Å². The van der Waals surface area contributed by atoms with Crippen LogP contribution in [0.1, 0.15) is 0 Å². The first-order chi connectivity index (χ1) is 34.2. The summed E-state index contributed by atoms with van der Waals surface area (Å²) >= 11 is 0. The highest BCUT2D eigenvalue weighted by atomic mass is 16.3. The lowest BCUT2D eigenvalue weighted by Crippen LogP contribution is -1.99. The average Bonchev–Trinajstić information content (AvgIpc) is 4.09. The summed E-state index contributed by atoms with van der Waals surface area (Å²) in [6.45, 7) is 0. The van der Waals surface area contributed by atoms with E-state index in [-0.39, 0.29) is 0 Å². The highest BCUT2D eigenvalue weighted by molar-refractivity contribution is 6.17. The number of nitrogens with zero attached hydrogens (tertiary/aromatic N) is 4. The van der Waals surface area contributed by atoms with Crippen LogP contribution in [0.4, 0.5) is 0 Å². The molecule has 0 aliphatic carbocycles. The molecule has 10 aromatic carbocycles. The molecular weight excluding hydrogens is 841 g/mol. The van der Waals surface area contributed by atoms with Crippen LogP contribution in [0, 0.1) is 0 Å². The maximum atomic E-state index is 6.65.